The van der Waals surface area contributed by atoms with Crippen LogP contribution in [0.15, 0.2) is 23.1 Å². The Kier molecular flexibility index (Phi) is 4.66. The zero-order chi connectivity index (χ0) is 15.4. The van der Waals surface area contributed by atoms with Crippen LogP contribution in [-0.2, 0) is 13.0 Å². The molecule has 0 unspecified atom stereocenters. The first-order valence-corrected chi connectivity index (χ1v) is 6.97. The van der Waals surface area contributed by atoms with Gasteiger partial charge in [0.15, 0.2) is 5.03 Å². The summed E-state index contributed by atoms with van der Waals surface area (Å²) >= 11 is 1.63. The number of rotatable bonds is 6. The van der Waals surface area contributed by atoms with Crippen LogP contribution < -0.4 is 11.0 Å². The van der Waals surface area contributed by atoms with E-state index in [-0.39, 0.29) is 11.5 Å². The molecule has 2 N–H and O–H groups in total. The van der Waals surface area contributed by atoms with Gasteiger partial charge in [-0.3, -0.25) is 9.78 Å². The van der Waals surface area contributed by atoms with Gasteiger partial charge < -0.3 is 4.90 Å². The Morgan fingerprint density at radius 2 is 2.14 bits per heavy atom. The molecule has 2 heterocycles. The van der Waals surface area contributed by atoms with Crippen LogP contribution >= 0.6 is 11.3 Å². The van der Waals surface area contributed by atoms with Gasteiger partial charge in [-0.1, -0.05) is 5.43 Å². The highest BCUT2D eigenvalue weighted by molar-refractivity contribution is 7.12. The minimum Gasteiger partial charge on any atom is -0.304 e. The minimum absolute atomic E-state index is 0.173. The quantitative estimate of drug-likeness (QED) is 0.611. The van der Waals surface area contributed by atoms with Crippen LogP contribution in [0, 0.1) is 10.1 Å². The number of H-pyrrole nitrogens is 1. The van der Waals surface area contributed by atoms with E-state index in [4.69, 9.17) is 0 Å². The van der Waals surface area contributed by atoms with Crippen molar-refractivity contribution in [3.63, 3.8) is 0 Å². The molecule has 0 aromatic carbocycles. The van der Waals surface area contributed by atoms with Crippen LogP contribution in [0.3, 0.4) is 0 Å². The van der Waals surface area contributed by atoms with E-state index < -0.39 is 5.03 Å². The Morgan fingerprint density at radius 3 is 2.76 bits per heavy atom. The highest BCUT2D eigenvalue weighted by Crippen LogP contribution is 2.19. The van der Waals surface area contributed by atoms with Crippen molar-refractivity contribution < 1.29 is 5.03 Å². The molecule has 112 valence electrons. The zero-order valence-corrected chi connectivity index (χ0v) is 12.4. The number of anilines is 1. The van der Waals surface area contributed by atoms with Crippen LogP contribution in [0.5, 0.6) is 0 Å². The first-order chi connectivity index (χ1) is 9.94. The first kappa shape index (κ1) is 15.1. The molecule has 9 heteroatoms. The molecule has 0 spiro atoms. The predicted molar refractivity (Wildman–Crippen MR) is 80.0 cm³/mol. The number of hydrogen-bond acceptors (Lipinski definition) is 6. The third-order valence-electron chi connectivity index (χ3n) is 2.62. The smallest absolute Gasteiger partial charge is 0.265 e. The number of thiophene rings is 1. The normalized spacial score (nSPS) is 10.8. The Morgan fingerprint density at radius 1 is 1.43 bits per heavy atom. The van der Waals surface area contributed by atoms with Crippen molar-refractivity contribution in [1.29, 1.82) is 0 Å². The van der Waals surface area contributed by atoms with Gasteiger partial charge in [-0.25, -0.2) is 15.1 Å². The molecule has 0 radical (unpaired) electrons. The number of nitrogens with one attached hydrogen (secondary N) is 2. The van der Waals surface area contributed by atoms with Crippen molar-refractivity contribution in [1.82, 2.24) is 14.9 Å². The molecule has 0 aliphatic carbocycles. The topological polar surface area (TPSA) is 104 Å². The molecule has 0 fully saturated rings. The van der Waals surface area contributed by atoms with Crippen LogP contribution in [0.4, 0.5) is 5.95 Å². The van der Waals surface area contributed by atoms with E-state index in [1.54, 1.807) is 11.3 Å². The monoisotopic (exact) mass is 309 g/mol. The van der Waals surface area contributed by atoms with E-state index >= 15 is 0 Å². The molecule has 8 nitrogen and oxygen atoms in total. The maximum atomic E-state index is 11.8. The van der Waals surface area contributed by atoms with E-state index in [2.05, 4.69) is 14.9 Å². The van der Waals surface area contributed by atoms with E-state index in [1.807, 2.05) is 31.7 Å². The lowest BCUT2D eigenvalue weighted by Crippen LogP contribution is -2.19. The Balaban J connectivity index is 2.11. The van der Waals surface area contributed by atoms with Crippen molar-refractivity contribution >= 4 is 17.3 Å². The number of hydrogen-bond donors (Lipinski definition) is 2. The Bertz CT molecular complexity index is 694. The number of nitro groups is 1. The lowest BCUT2D eigenvalue weighted by Gasteiger charge is -2.06. The second-order valence-electron chi connectivity index (χ2n) is 4.74. The van der Waals surface area contributed by atoms with Gasteiger partial charge in [0.05, 0.1) is 0 Å². The molecule has 2 aromatic rings. The minimum atomic E-state index is -0.773. The number of aromatic amines is 1. The summed E-state index contributed by atoms with van der Waals surface area (Å²) in [5.74, 6) is -0.173. The van der Waals surface area contributed by atoms with Crippen molar-refractivity contribution in [2.75, 3.05) is 19.5 Å². The molecule has 0 aliphatic heterocycles. The Hall–Kier alpha value is -2.26. The first-order valence-electron chi connectivity index (χ1n) is 6.15. The second kappa shape index (κ2) is 6.46. The second-order valence-corrected chi connectivity index (χ2v) is 5.99. The van der Waals surface area contributed by atoms with Gasteiger partial charge in [0.1, 0.15) is 0 Å². The third kappa shape index (κ3) is 4.36. The highest BCUT2D eigenvalue weighted by Gasteiger charge is 2.08. The van der Waals surface area contributed by atoms with Gasteiger partial charge in [0, 0.05) is 34.5 Å². The maximum absolute atomic E-state index is 11.8. The molecular formula is C12H15N5O3S. The number of aromatic nitrogens is 2. The molecule has 0 bridgehead atoms. The van der Waals surface area contributed by atoms with Gasteiger partial charge in [-0.2, -0.15) is 0 Å². The Labute approximate surface area is 124 Å². The van der Waals surface area contributed by atoms with Crippen molar-refractivity contribution in [2.45, 2.75) is 13.0 Å². The predicted octanol–water partition coefficient (Wildman–Crippen LogP) is 1.09. The van der Waals surface area contributed by atoms with Gasteiger partial charge >= 0.3 is 0 Å². The summed E-state index contributed by atoms with van der Waals surface area (Å²) in [6, 6.07) is 4.01. The zero-order valence-electron chi connectivity index (χ0n) is 11.6. The van der Waals surface area contributed by atoms with Gasteiger partial charge in [-0.15, -0.1) is 11.3 Å². The summed E-state index contributed by atoms with van der Waals surface area (Å²) in [4.78, 5) is 32.6. The average molecular weight is 309 g/mol. The fourth-order valence-electron chi connectivity index (χ4n) is 1.79. The summed E-state index contributed by atoms with van der Waals surface area (Å²) in [6.45, 7) is 0.852. The SMILES string of the molecule is CN(C)Cc1ccc(Cc2cnc(N[N+](=O)[O-])[nH]c2=O)s1. The summed E-state index contributed by atoms with van der Waals surface area (Å²) in [6.07, 6.45) is 1.81. The van der Waals surface area contributed by atoms with E-state index in [1.165, 1.54) is 11.1 Å². The lowest BCUT2D eigenvalue weighted by atomic mass is 10.2. The van der Waals surface area contributed by atoms with E-state index in [9.17, 15) is 14.9 Å². The average Bonchev–Trinajstić information content (AvgIpc) is 2.78. The van der Waals surface area contributed by atoms with Crippen LogP contribution in [-0.4, -0.2) is 34.0 Å². The summed E-state index contributed by atoms with van der Waals surface area (Å²) in [5.41, 5.74) is 1.91. The molecule has 0 aliphatic rings. The van der Waals surface area contributed by atoms with Crippen LogP contribution in [0.2, 0.25) is 0 Å². The fourth-order valence-corrected chi connectivity index (χ4v) is 2.95. The third-order valence-corrected chi connectivity index (χ3v) is 3.69. The van der Waals surface area contributed by atoms with E-state index in [0.29, 0.717) is 12.0 Å². The molecule has 0 atom stereocenters. The van der Waals surface area contributed by atoms with Gasteiger partial charge in [0.25, 0.3) is 11.5 Å². The molecule has 2 aromatic heterocycles. The van der Waals surface area contributed by atoms with Crippen molar-refractivity contribution in [3.8, 4) is 0 Å². The molecule has 0 saturated carbocycles. The van der Waals surface area contributed by atoms with Gasteiger partial charge in [0.2, 0.25) is 0 Å². The van der Waals surface area contributed by atoms with Crippen molar-refractivity contribution in [3.05, 3.63) is 54.1 Å². The fraction of sp³-hybridized carbons (Fsp3) is 0.333. The lowest BCUT2D eigenvalue weighted by molar-refractivity contribution is -0.446. The number of hydrazine groups is 1. The highest BCUT2D eigenvalue weighted by atomic mass is 32.1. The molecule has 21 heavy (non-hydrogen) atoms. The molecule has 0 saturated heterocycles. The standard InChI is InChI=1S/C12H15N5O3S/c1-16(2)7-10-4-3-9(21-10)5-8-6-13-12(14-11(8)18)15-17(19)20/h3-4,6H,5,7H2,1-2H3,(H2,13,14,15,18). The van der Waals surface area contributed by atoms with Crippen LogP contribution in [0.25, 0.3) is 0 Å². The molecule has 2 rings (SSSR count). The summed E-state index contributed by atoms with van der Waals surface area (Å²) in [7, 11) is 3.99. The maximum Gasteiger partial charge on any atom is 0.265 e. The van der Waals surface area contributed by atoms with Crippen molar-refractivity contribution in [2.24, 2.45) is 0 Å². The van der Waals surface area contributed by atoms with E-state index in [0.717, 1.165) is 11.4 Å². The largest absolute Gasteiger partial charge is 0.304 e. The summed E-state index contributed by atoms with van der Waals surface area (Å²) < 4.78 is 0. The van der Waals surface area contributed by atoms with Gasteiger partial charge in [-0.05, 0) is 26.2 Å². The number of nitrogens with zero attached hydrogens (tertiary/aromatic N) is 3. The molecular weight excluding hydrogens is 294 g/mol. The van der Waals surface area contributed by atoms with Crippen LogP contribution in [0.1, 0.15) is 15.3 Å². The summed E-state index contributed by atoms with van der Waals surface area (Å²) in [5, 5.41) is 9.50. The molecule has 0 amide bonds.